The van der Waals surface area contributed by atoms with Gasteiger partial charge < -0.3 is 27.0 Å². The largest absolute Gasteiger partial charge is 1.00 e. The van der Waals surface area contributed by atoms with Gasteiger partial charge in [-0.3, -0.25) is 14.9 Å². The van der Waals surface area contributed by atoms with Gasteiger partial charge in [-0.2, -0.15) is 0 Å². The number of nitro groups is 1. The molecule has 7 nitrogen and oxygen atoms in total. The van der Waals surface area contributed by atoms with Gasteiger partial charge in [-0.15, -0.1) is 0 Å². The Morgan fingerprint density at radius 2 is 1.84 bits per heavy atom. The van der Waals surface area contributed by atoms with E-state index in [1.54, 1.807) is 0 Å². The zero-order chi connectivity index (χ0) is 17.1. The quantitative estimate of drug-likeness (QED) is 0.636. The molecule has 1 amide bonds. The molecule has 1 N–H and O–H groups in total. The molecule has 0 aliphatic carbocycles. The summed E-state index contributed by atoms with van der Waals surface area (Å²) in [5.74, 6) is -0.273. The van der Waals surface area contributed by atoms with E-state index in [-0.39, 0.29) is 18.2 Å². The minimum atomic E-state index is -0.676. The lowest BCUT2D eigenvalue weighted by Gasteiger charge is -2.32. The number of amides is 1. The molecule has 1 saturated heterocycles. The van der Waals surface area contributed by atoms with E-state index >= 15 is 0 Å². The molecule has 0 unspecified atom stereocenters. The van der Waals surface area contributed by atoms with Crippen LogP contribution in [0.4, 0.5) is 17.3 Å². The number of hydrogen-bond donors (Lipinski definition) is 1. The predicted octanol–water partition coefficient (Wildman–Crippen LogP) is 0.680. The lowest BCUT2D eigenvalue weighted by atomic mass is 9.99. The van der Waals surface area contributed by atoms with Gasteiger partial charge >= 0.3 is 5.88 Å². The van der Waals surface area contributed by atoms with Gasteiger partial charge in [-0.05, 0) is 49.1 Å². The van der Waals surface area contributed by atoms with E-state index in [0.29, 0.717) is 5.69 Å². The van der Waals surface area contributed by atoms with Crippen LogP contribution in [-0.2, 0) is 0 Å². The summed E-state index contributed by atoms with van der Waals surface area (Å²) in [5.41, 5.74) is 1.75. The molecule has 3 rings (SSSR count). The highest BCUT2D eigenvalue weighted by Gasteiger charge is 2.18. The van der Waals surface area contributed by atoms with Crippen molar-refractivity contribution in [3.8, 4) is 0 Å². The second kappa shape index (κ2) is 8.02. The molecule has 2 aromatic rings. The first kappa shape index (κ1) is 18.8. The van der Waals surface area contributed by atoms with Crippen molar-refractivity contribution < 1.29 is 26.5 Å². The summed E-state index contributed by atoms with van der Waals surface area (Å²) in [7, 11) is 0. The SMILES string of the molecule is CC1CCN(c2ccc(NC(=O)c3ccc([N+](=O)[O-])o3)cc2)CC1.[Cl-]. The van der Waals surface area contributed by atoms with Crippen molar-refractivity contribution in [2.24, 2.45) is 5.92 Å². The van der Waals surface area contributed by atoms with Crippen LogP contribution >= 0.6 is 0 Å². The topological polar surface area (TPSA) is 88.6 Å². The molecule has 1 aromatic heterocycles. The average Bonchev–Trinajstić information content (AvgIpc) is 3.07. The molecular weight excluding hydrogens is 346 g/mol. The molecule has 2 heterocycles. The van der Waals surface area contributed by atoms with Crippen molar-refractivity contribution in [3.63, 3.8) is 0 Å². The van der Waals surface area contributed by atoms with Crippen LogP contribution in [0.1, 0.15) is 30.3 Å². The molecule has 134 valence electrons. The monoisotopic (exact) mass is 364 g/mol. The fourth-order valence-corrected chi connectivity index (χ4v) is 2.76. The van der Waals surface area contributed by atoms with Gasteiger partial charge in [0.25, 0.3) is 5.91 Å². The number of hydrogen-bond acceptors (Lipinski definition) is 5. The van der Waals surface area contributed by atoms with Crippen LogP contribution in [-0.4, -0.2) is 23.9 Å². The Hall–Kier alpha value is -2.54. The molecule has 8 heteroatoms. The van der Waals surface area contributed by atoms with Gasteiger partial charge in [0.2, 0.25) is 0 Å². The molecule has 0 bridgehead atoms. The molecule has 1 aromatic carbocycles. The van der Waals surface area contributed by atoms with Crippen molar-refractivity contribution in [3.05, 3.63) is 52.3 Å². The van der Waals surface area contributed by atoms with Crippen LogP contribution in [0.3, 0.4) is 0 Å². The van der Waals surface area contributed by atoms with Gasteiger partial charge in [-0.25, -0.2) is 0 Å². The van der Waals surface area contributed by atoms with Crippen molar-refractivity contribution >= 4 is 23.2 Å². The number of benzene rings is 1. The zero-order valence-electron chi connectivity index (χ0n) is 13.8. The molecule has 0 spiro atoms. The number of rotatable bonds is 4. The summed E-state index contributed by atoms with van der Waals surface area (Å²) in [6, 6.07) is 10.0. The maximum atomic E-state index is 12.0. The smallest absolute Gasteiger partial charge is 0.433 e. The van der Waals surface area contributed by atoms with Gasteiger partial charge in [0.15, 0.2) is 5.76 Å². The number of piperidine rings is 1. The third-order valence-electron chi connectivity index (χ3n) is 4.27. The molecule has 0 atom stereocenters. The van der Waals surface area contributed by atoms with Crippen LogP contribution in [0.15, 0.2) is 40.8 Å². The van der Waals surface area contributed by atoms with E-state index < -0.39 is 16.7 Å². The zero-order valence-corrected chi connectivity index (χ0v) is 14.5. The van der Waals surface area contributed by atoms with Gasteiger partial charge in [0.05, 0.1) is 6.07 Å². The van der Waals surface area contributed by atoms with E-state index in [1.807, 2.05) is 24.3 Å². The first-order chi connectivity index (χ1) is 11.5. The summed E-state index contributed by atoms with van der Waals surface area (Å²) >= 11 is 0. The van der Waals surface area contributed by atoms with E-state index in [1.165, 1.54) is 18.9 Å². The van der Waals surface area contributed by atoms with E-state index in [0.717, 1.165) is 30.8 Å². The Bertz CT molecular complexity index is 737. The first-order valence-electron chi connectivity index (χ1n) is 7.93. The second-order valence-corrected chi connectivity index (χ2v) is 6.07. The lowest BCUT2D eigenvalue weighted by molar-refractivity contribution is -0.402. The third-order valence-corrected chi connectivity index (χ3v) is 4.27. The fourth-order valence-electron chi connectivity index (χ4n) is 2.76. The summed E-state index contributed by atoms with van der Waals surface area (Å²) in [6.45, 7) is 4.36. The number of furan rings is 1. The highest BCUT2D eigenvalue weighted by atomic mass is 35.5. The number of anilines is 2. The van der Waals surface area contributed by atoms with E-state index in [4.69, 9.17) is 4.42 Å². The van der Waals surface area contributed by atoms with E-state index in [2.05, 4.69) is 17.1 Å². The normalized spacial score (nSPS) is 14.7. The van der Waals surface area contributed by atoms with Crippen molar-refractivity contribution in [2.45, 2.75) is 19.8 Å². The Balaban J connectivity index is 0.00000225. The van der Waals surface area contributed by atoms with Crippen LogP contribution in [0.25, 0.3) is 0 Å². The molecule has 25 heavy (non-hydrogen) atoms. The summed E-state index contributed by atoms with van der Waals surface area (Å²) in [4.78, 5) is 24.3. The fraction of sp³-hybridized carbons (Fsp3) is 0.353. The molecule has 0 saturated carbocycles. The molecule has 1 fully saturated rings. The minimum absolute atomic E-state index is 0. The maximum absolute atomic E-state index is 12.0. The molecule has 1 aliphatic rings. The van der Waals surface area contributed by atoms with Crippen molar-refractivity contribution in [1.29, 1.82) is 0 Å². The minimum Gasteiger partial charge on any atom is -1.00 e. The number of nitrogens with zero attached hydrogens (tertiary/aromatic N) is 2. The standard InChI is InChI=1S/C17H19N3O4.ClH/c1-12-8-10-19(11-9-12)14-4-2-13(3-5-14)18-17(21)15-6-7-16(24-15)20(22)23;/h2-7,12H,8-11H2,1H3,(H,18,21);1H/p-1. The average molecular weight is 365 g/mol. The summed E-state index contributed by atoms with van der Waals surface area (Å²) in [5, 5.41) is 13.3. The number of carbonyl (C=O) groups excluding carboxylic acids is 1. The Morgan fingerprint density at radius 3 is 2.40 bits per heavy atom. The van der Waals surface area contributed by atoms with E-state index in [9.17, 15) is 14.9 Å². The Morgan fingerprint density at radius 1 is 1.20 bits per heavy atom. The Labute approximate surface area is 151 Å². The van der Waals surface area contributed by atoms with Gasteiger partial charge in [0, 0.05) is 24.5 Å². The lowest BCUT2D eigenvalue weighted by Crippen LogP contribution is -3.00. The summed E-state index contributed by atoms with van der Waals surface area (Å²) < 4.78 is 4.89. The Kier molecular flexibility index (Phi) is 6.03. The van der Waals surface area contributed by atoms with Crippen molar-refractivity contribution in [2.75, 3.05) is 23.3 Å². The number of nitrogens with one attached hydrogen (secondary N) is 1. The maximum Gasteiger partial charge on any atom is 0.433 e. The number of halogens is 1. The highest BCUT2D eigenvalue weighted by Crippen LogP contribution is 2.24. The van der Waals surface area contributed by atoms with Crippen LogP contribution in [0, 0.1) is 16.0 Å². The van der Waals surface area contributed by atoms with Gasteiger partial charge in [0.1, 0.15) is 4.92 Å². The predicted molar refractivity (Wildman–Crippen MR) is 90.4 cm³/mol. The molecule has 0 radical (unpaired) electrons. The summed E-state index contributed by atoms with van der Waals surface area (Å²) in [6.07, 6.45) is 2.38. The second-order valence-electron chi connectivity index (χ2n) is 6.07. The van der Waals surface area contributed by atoms with Crippen LogP contribution in [0.5, 0.6) is 0 Å². The van der Waals surface area contributed by atoms with Crippen LogP contribution < -0.4 is 22.6 Å². The number of carbonyl (C=O) groups is 1. The first-order valence-corrected chi connectivity index (χ1v) is 7.93. The van der Waals surface area contributed by atoms with Gasteiger partial charge in [-0.1, -0.05) is 6.92 Å². The molecular formula is C17H19ClN3O4-. The third kappa shape index (κ3) is 4.51. The highest BCUT2D eigenvalue weighted by molar-refractivity contribution is 6.02. The molecule has 1 aliphatic heterocycles. The van der Waals surface area contributed by atoms with Crippen molar-refractivity contribution in [1.82, 2.24) is 0 Å². The van der Waals surface area contributed by atoms with Crippen LogP contribution in [0.2, 0.25) is 0 Å².